The van der Waals surface area contributed by atoms with Crippen LogP contribution < -0.4 is 0 Å². The smallest absolute Gasteiger partial charge is 0.241 e. The zero-order valence-electron chi connectivity index (χ0n) is 8.37. The summed E-state index contributed by atoms with van der Waals surface area (Å²) in [4.78, 5) is 0. The molecule has 2 rings (SSSR count). The zero-order valence-corrected chi connectivity index (χ0v) is 10.6. The molecule has 2 aliphatic rings. The molecule has 3 N–H and O–H groups in total. The van der Waals surface area contributed by atoms with Crippen molar-refractivity contribution in [1.29, 1.82) is 0 Å². The molecule has 2 aliphatic heterocycles. The fourth-order valence-corrected chi connectivity index (χ4v) is 2.10. The van der Waals surface area contributed by atoms with Gasteiger partial charge in [-0.1, -0.05) is 34.8 Å². The van der Waals surface area contributed by atoms with Crippen molar-refractivity contribution in [2.45, 2.75) is 40.8 Å². The van der Waals surface area contributed by atoms with Gasteiger partial charge >= 0.3 is 0 Å². The van der Waals surface area contributed by atoms with Gasteiger partial charge in [0.15, 0.2) is 6.29 Å². The summed E-state index contributed by atoms with van der Waals surface area (Å²) in [6, 6.07) is 0. The zero-order chi connectivity index (χ0) is 12.8. The number of rotatable bonds is 2. The molecule has 17 heavy (non-hydrogen) atoms. The van der Waals surface area contributed by atoms with Crippen LogP contribution in [0.5, 0.6) is 0 Å². The Hall–Kier alpha value is 0.630. The average molecular weight is 310 g/mol. The molecule has 0 aromatic heterocycles. The topological polar surface area (TPSA) is 88.4 Å². The predicted octanol–water partition coefficient (Wildman–Crippen LogP) is -0.463. The molecule has 0 bridgehead atoms. The molecular formula is C8H11Cl3O6. The second-order valence-corrected chi connectivity index (χ2v) is 6.19. The predicted molar refractivity (Wildman–Crippen MR) is 57.8 cm³/mol. The van der Waals surface area contributed by atoms with Gasteiger partial charge in [-0.15, -0.1) is 0 Å². The lowest BCUT2D eigenvalue weighted by Crippen LogP contribution is -2.42. The lowest BCUT2D eigenvalue weighted by molar-refractivity contribution is -0.188. The molecule has 0 aromatic rings. The van der Waals surface area contributed by atoms with E-state index in [0.29, 0.717) is 0 Å². The van der Waals surface area contributed by atoms with E-state index in [0.717, 1.165) is 0 Å². The highest BCUT2D eigenvalue weighted by atomic mass is 35.6. The molecule has 2 saturated heterocycles. The quantitative estimate of drug-likeness (QED) is 0.598. The molecular weight excluding hydrogens is 298 g/mol. The Labute approximate surface area is 112 Å². The van der Waals surface area contributed by atoms with Gasteiger partial charge in [-0.25, -0.2) is 0 Å². The summed E-state index contributed by atoms with van der Waals surface area (Å²) in [5.41, 5.74) is 0. The van der Waals surface area contributed by atoms with Crippen LogP contribution in [0.1, 0.15) is 0 Å². The lowest BCUT2D eigenvalue weighted by Gasteiger charge is -2.24. The van der Waals surface area contributed by atoms with E-state index in [1.165, 1.54) is 0 Å². The highest BCUT2D eigenvalue weighted by Crippen LogP contribution is 2.42. The second-order valence-electron chi connectivity index (χ2n) is 3.82. The first kappa shape index (κ1) is 14.0. The van der Waals surface area contributed by atoms with Gasteiger partial charge < -0.3 is 29.5 Å². The van der Waals surface area contributed by atoms with Crippen molar-refractivity contribution in [2.75, 3.05) is 6.61 Å². The fraction of sp³-hybridized carbons (Fsp3) is 1.00. The first-order chi connectivity index (χ1) is 7.84. The Morgan fingerprint density at radius 2 is 1.82 bits per heavy atom. The Morgan fingerprint density at radius 3 is 2.29 bits per heavy atom. The van der Waals surface area contributed by atoms with Crippen molar-refractivity contribution in [3.8, 4) is 0 Å². The molecule has 0 radical (unpaired) electrons. The van der Waals surface area contributed by atoms with Crippen LogP contribution in [-0.4, -0.2) is 62.7 Å². The number of hydrogen-bond acceptors (Lipinski definition) is 6. The van der Waals surface area contributed by atoms with Crippen molar-refractivity contribution >= 4 is 34.8 Å². The van der Waals surface area contributed by atoms with E-state index in [9.17, 15) is 10.2 Å². The highest BCUT2D eigenvalue weighted by Gasteiger charge is 2.57. The molecule has 9 heteroatoms. The van der Waals surface area contributed by atoms with Crippen LogP contribution in [0.3, 0.4) is 0 Å². The van der Waals surface area contributed by atoms with Crippen molar-refractivity contribution < 1.29 is 29.5 Å². The Morgan fingerprint density at radius 1 is 1.18 bits per heavy atom. The summed E-state index contributed by atoms with van der Waals surface area (Å²) < 4.78 is 13.8. The van der Waals surface area contributed by atoms with Crippen LogP contribution in [0.2, 0.25) is 0 Å². The number of aliphatic hydroxyl groups excluding tert-OH is 3. The summed E-state index contributed by atoms with van der Waals surface area (Å²) in [7, 11) is 0. The molecule has 6 nitrogen and oxygen atoms in total. The number of halogens is 3. The molecule has 100 valence electrons. The number of fused-ring (bicyclic) bond motifs is 1. The van der Waals surface area contributed by atoms with Gasteiger partial charge in [-0.2, -0.15) is 0 Å². The molecule has 0 saturated carbocycles. The van der Waals surface area contributed by atoms with Gasteiger partial charge in [0.25, 0.3) is 0 Å². The minimum absolute atomic E-state index is 0.547. The summed E-state index contributed by atoms with van der Waals surface area (Å²) >= 11 is 16.7. The van der Waals surface area contributed by atoms with Crippen molar-refractivity contribution in [2.24, 2.45) is 0 Å². The minimum Gasteiger partial charge on any atom is -0.394 e. The number of alkyl halides is 3. The third-order valence-electron chi connectivity index (χ3n) is 2.60. The van der Waals surface area contributed by atoms with Gasteiger partial charge in [0.2, 0.25) is 10.1 Å². The minimum atomic E-state index is -1.79. The number of ether oxygens (including phenoxy) is 3. The van der Waals surface area contributed by atoms with Crippen molar-refractivity contribution in [3.05, 3.63) is 0 Å². The molecule has 0 amide bonds. The van der Waals surface area contributed by atoms with Crippen molar-refractivity contribution in [1.82, 2.24) is 0 Å². The van der Waals surface area contributed by atoms with Crippen LogP contribution in [0.25, 0.3) is 0 Å². The van der Waals surface area contributed by atoms with E-state index < -0.39 is 47.4 Å². The first-order valence-corrected chi connectivity index (χ1v) is 5.98. The average Bonchev–Trinajstić information content (AvgIpc) is 2.77. The van der Waals surface area contributed by atoms with Crippen LogP contribution in [-0.2, 0) is 14.2 Å². The Kier molecular flexibility index (Phi) is 4.10. The molecule has 0 aromatic carbocycles. The summed E-state index contributed by atoms with van der Waals surface area (Å²) in [6.07, 6.45) is -6.33. The SMILES string of the molecule is OC[C@@H](O)[C@H]1O[C@H]2O[C@H](C(Cl)(Cl)Cl)O[C@H]2[C@H]1O. The second kappa shape index (κ2) is 4.96. The molecule has 2 heterocycles. The maximum atomic E-state index is 9.81. The van der Waals surface area contributed by atoms with Gasteiger partial charge in [-0.05, 0) is 0 Å². The highest BCUT2D eigenvalue weighted by molar-refractivity contribution is 6.67. The number of hydrogen-bond donors (Lipinski definition) is 3. The van der Waals surface area contributed by atoms with E-state index >= 15 is 0 Å². The third-order valence-corrected chi connectivity index (χ3v) is 3.14. The monoisotopic (exact) mass is 308 g/mol. The van der Waals surface area contributed by atoms with Gasteiger partial charge in [0.05, 0.1) is 6.61 Å². The van der Waals surface area contributed by atoms with Crippen LogP contribution in [0.4, 0.5) is 0 Å². The largest absolute Gasteiger partial charge is 0.394 e. The van der Waals surface area contributed by atoms with Gasteiger partial charge in [-0.3, -0.25) is 0 Å². The maximum Gasteiger partial charge on any atom is 0.241 e. The van der Waals surface area contributed by atoms with Crippen LogP contribution in [0, 0.1) is 0 Å². The fourth-order valence-electron chi connectivity index (χ4n) is 1.79. The van der Waals surface area contributed by atoms with E-state index in [1.807, 2.05) is 0 Å². The van der Waals surface area contributed by atoms with E-state index in [2.05, 4.69) is 0 Å². The lowest BCUT2D eigenvalue weighted by atomic mass is 10.1. The Balaban J connectivity index is 2.01. The first-order valence-electron chi connectivity index (χ1n) is 4.84. The maximum absolute atomic E-state index is 9.81. The number of aliphatic hydroxyl groups is 3. The van der Waals surface area contributed by atoms with E-state index in [-0.39, 0.29) is 0 Å². The van der Waals surface area contributed by atoms with Gasteiger partial charge in [0.1, 0.15) is 24.4 Å². The van der Waals surface area contributed by atoms with E-state index in [1.54, 1.807) is 0 Å². The molecule has 6 atom stereocenters. The molecule has 0 spiro atoms. The van der Waals surface area contributed by atoms with E-state index in [4.69, 9.17) is 54.1 Å². The molecule has 0 aliphatic carbocycles. The normalized spacial score (nSPS) is 43.8. The molecule has 0 unspecified atom stereocenters. The summed E-state index contributed by atoms with van der Waals surface area (Å²) in [5.74, 6) is 0. The van der Waals surface area contributed by atoms with Crippen molar-refractivity contribution in [3.63, 3.8) is 0 Å². The Bertz CT molecular complexity index is 285. The third kappa shape index (κ3) is 2.65. The van der Waals surface area contributed by atoms with Crippen LogP contribution >= 0.6 is 34.8 Å². The standard InChI is InChI=1S/C8H11Cl3O6/c9-8(10,11)7-16-5-3(14)4(2(13)1-12)15-6(5)17-7/h2-7,12-14H,1H2/t2-,3+,4-,5+,6+,7-/m1/s1. The summed E-state index contributed by atoms with van der Waals surface area (Å²) in [6.45, 7) is -0.547. The van der Waals surface area contributed by atoms with Crippen LogP contribution in [0.15, 0.2) is 0 Å². The van der Waals surface area contributed by atoms with Gasteiger partial charge in [0, 0.05) is 0 Å². The summed E-state index contributed by atoms with van der Waals surface area (Å²) in [5, 5.41) is 28.0. The molecule has 2 fully saturated rings.